The van der Waals surface area contributed by atoms with Crippen molar-refractivity contribution in [3.05, 3.63) is 18.6 Å². The highest BCUT2D eigenvalue weighted by Gasteiger charge is 2.18. The van der Waals surface area contributed by atoms with Gasteiger partial charge in [0.05, 0.1) is 17.0 Å². The second kappa shape index (κ2) is 4.61. The zero-order valence-electron chi connectivity index (χ0n) is 7.85. The second-order valence-electron chi connectivity index (χ2n) is 3.41. The lowest BCUT2D eigenvalue weighted by Gasteiger charge is -2.06. The van der Waals surface area contributed by atoms with Crippen molar-refractivity contribution < 1.29 is 4.21 Å². The zero-order chi connectivity index (χ0) is 9.80. The van der Waals surface area contributed by atoms with Gasteiger partial charge in [-0.25, -0.2) is 4.98 Å². The molecule has 0 aromatic carbocycles. The van der Waals surface area contributed by atoms with Crippen LogP contribution in [0.15, 0.2) is 23.6 Å². The van der Waals surface area contributed by atoms with Gasteiger partial charge in [0.2, 0.25) is 0 Å². The summed E-state index contributed by atoms with van der Waals surface area (Å²) in [5.41, 5.74) is 0. The Morgan fingerprint density at radius 1 is 1.57 bits per heavy atom. The molecule has 1 saturated heterocycles. The summed E-state index contributed by atoms with van der Waals surface area (Å²) < 4.78 is 11.8. The van der Waals surface area contributed by atoms with Crippen LogP contribution in [0.2, 0.25) is 0 Å². The molecule has 76 valence electrons. The predicted octanol–water partition coefficient (Wildman–Crippen LogP) is 0.194. The smallest absolute Gasteiger partial charge is 0.145 e. The van der Waals surface area contributed by atoms with Gasteiger partial charge in [0.1, 0.15) is 5.03 Å². The highest BCUT2D eigenvalue weighted by Crippen LogP contribution is 2.12. The highest BCUT2D eigenvalue weighted by molar-refractivity contribution is 7.84. The molecule has 1 aromatic heterocycles. The quantitative estimate of drug-likeness (QED) is 0.775. The molecule has 1 aliphatic heterocycles. The van der Waals surface area contributed by atoms with Crippen LogP contribution >= 0.6 is 0 Å². The second-order valence-corrected chi connectivity index (χ2v) is 4.86. The van der Waals surface area contributed by atoms with Gasteiger partial charge in [-0.15, -0.1) is 0 Å². The molecular weight excluding hydrogens is 198 g/mol. The first-order chi connectivity index (χ1) is 6.86. The minimum atomic E-state index is -0.987. The molecule has 0 spiro atoms. The van der Waals surface area contributed by atoms with E-state index in [1.165, 1.54) is 0 Å². The highest BCUT2D eigenvalue weighted by atomic mass is 32.2. The van der Waals surface area contributed by atoms with Gasteiger partial charge in [0, 0.05) is 18.1 Å². The molecule has 14 heavy (non-hydrogen) atoms. The molecule has 0 saturated carbocycles. The molecule has 2 atom stereocenters. The van der Waals surface area contributed by atoms with Crippen LogP contribution in [0, 0.1) is 5.92 Å². The van der Waals surface area contributed by atoms with E-state index >= 15 is 0 Å². The van der Waals surface area contributed by atoms with Crippen LogP contribution in [-0.4, -0.2) is 33.0 Å². The van der Waals surface area contributed by atoms with E-state index in [0.29, 0.717) is 16.7 Å². The van der Waals surface area contributed by atoms with Gasteiger partial charge in [-0.3, -0.25) is 9.19 Å². The Kier molecular flexibility index (Phi) is 3.21. The fourth-order valence-electron chi connectivity index (χ4n) is 1.56. The van der Waals surface area contributed by atoms with Crippen molar-refractivity contribution >= 4 is 10.8 Å². The van der Waals surface area contributed by atoms with E-state index in [-0.39, 0.29) is 0 Å². The predicted molar refractivity (Wildman–Crippen MR) is 54.3 cm³/mol. The molecule has 2 rings (SSSR count). The number of aromatic nitrogens is 2. The Bertz CT molecular complexity index is 311. The number of hydrogen-bond acceptors (Lipinski definition) is 4. The van der Waals surface area contributed by atoms with Crippen molar-refractivity contribution in [2.45, 2.75) is 11.4 Å². The molecule has 5 heteroatoms. The molecule has 0 aliphatic carbocycles. The molecule has 1 N–H and O–H groups in total. The number of hydrogen-bond donors (Lipinski definition) is 1. The lowest BCUT2D eigenvalue weighted by molar-refractivity contribution is 0.630. The molecule has 0 unspecified atom stereocenters. The largest absolute Gasteiger partial charge is 0.316 e. The minimum Gasteiger partial charge on any atom is -0.316 e. The van der Waals surface area contributed by atoms with Crippen LogP contribution in [-0.2, 0) is 10.8 Å². The number of nitrogens with one attached hydrogen (secondary N) is 1. The summed E-state index contributed by atoms with van der Waals surface area (Å²) in [6, 6.07) is 0. The van der Waals surface area contributed by atoms with Gasteiger partial charge in [0.15, 0.2) is 0 Å². The lowest BCUT2D eigenvalue weighted by Crippen LogP contribution is -2.15. The molecule has 0 bridgehead atoms. The van der Waals surface area contributed by atoms with E-state index in [0.717, 1.165) is 19.5 Å². The molecule has 4 nitrogen and oxygen atoms in total. The van der Waals surface area contributed by atoms with Gasteiger partial charge in [-0.05, 0) is 25.4 Å². The summed E-state index contributed by atoms with van der Waals surface area (Å²) >= 11 is 0. The first kappa shape index (κ1) is 9.73. The fraction of sp³-hybridized carbons (Fsp3) is 0.556. The molecule has 0 amide bonds. The van der Waals surface area contributed by atoms with Gasteiger partial charge in [0.25, 0.3) is 0 Å². The Hall–Kier alpha value is -0.810. The van der Waals surface area contributed by atoms with Crippen LogP contribution in [0.25, 0.3) is 0 Å². The van der Waals surface area contributed by atoms with Gasteiger partial charge in [-0.2, -0.15) is 0 Å². The van der Waals surface area contributed by atoms with Crippen molar-refractivity contribution in [1.82, 2.24) is 15.3 Å². The van der Waals surface area contributed by atoms with E-state index in [1.807, 2.05) is 0 Å². The summed E-state index contributed by atoms with van der Waals surface area (Å²) in [4.78, 5) is 7.95. The normalized spacial score (nSPS) is 23.6. The van der Waals surface area contributed by atoms with E-state index in [4.69, 9.17) is 0 Å². The SMILES string of the molecule is O=[S@](C[C@@H]1CCNC1)c1cnccn1. The molecular formula is C9H13N3OS. The Balaban J connectivity index is 1.95. The first-order valence-corrected chi connectivity index (χ1v) is 6.03. The van der Waals surface area contributed by atoms with Gasteiger partial charge >= 0.3 is 0 Å². The Labute approximate surface area is 85.6 Å². The number of rotatable bonds is 3. The third-order valence-corrected chi connectivity index (χ3v) is 3.77. The van der Waals surface area contributed by atoms with E-state index in [2.05, 4.69) is 15.3 Å². The lowest BCUT2D eigenvalue weighted by atomic mass is 10.2. The van der Waals surface area contributed by atoms with Crippen molar-refractivity contribution in [3.63, 3.8) is 0 Å². The molecule has 2 heterocycles. The maximum absolute atomic E-state index is 11.8. The Morgan fingerprint density at radius 3 is 3.14 bits per heavy atom. The fourth-order valence-corrected chi connectivity index (χ4v) is 2.80. The maximum Gasteiger partial charge on any atom is 0.145 e. The molecule has 1 aliphatic rings. The van der Waals surface area contributed by atoms with Crippen LogP contribution in [0.5, 0.6) is 0 Å². The van der Waals surface area contributed by atoms with E-state index in [9.17, 15) is 4.21 Å². The molecule has 1 aromatic rings. The Morgan fingerprint density at radius 2 is 2.50 bits per heavy atom. The summed E-state index contributed by atoms with van der Waals surface area (Å²) in [5, 5.41) is 3.86. The topological polar surface area (TPSA) is 54.9 Å². The summed E-state index contributed by atoms with van der Waals surface area (Å²) in [7, 11) is -0.987. The van der Waals surface area contributed by atoms with E-state index in [1.54, 1.807) is 18.6 Å². The average Bonchev–Trinajstić information content (AvgIpc) is 2.72. The number of nitrogens with zero attached hydrogens (tertiary/aromatic N) is 2. The van der Waals surface area contributed by atoms with Gasteiger partial charge < -0.3 is 5.32 Å². The van der Waals surface area contributed by atoms with Crippen molar-refractivity contribution in [1.29, 1.82) is 0 Å². The minimum absolute atomic E-state index is 0.526. The first-order valence-electron chi connectivity index (χ1n) is 4.71. The van der Waals surface area contributed by atoms with Crippen molar-refractivity contribution in [2.24, 2.45) is 5.92 Å². The maximum atomic E-state index is 11.8. The van der Waals surface area contributed by atoms with Crippen LogP contribution < -0.4 is 5.32 Å². The van der Waals surface area contributed by atoms with Crippen molar-refractivity contribution in [2.75, 3.05) is 18.8 Å². The zero-order valence-corrected chi connectivity index (χ0v) is 8.67. The van der Waals surface area contributed by atoms with Crippen LogP contribution in [0.4, 0.5) is 0 Å². The third-order valence-electron chi connectivity index (χ3n) is 2.32. The summed E-state index contributed by atoms with van der Waals surface area (Å²) in [5.74, 6) is 1.23. The summed E-state index contributed by atoms with van der Waals surface area (Å²) in [6.45, 7) is 2.02. The monoisotopic (exact) mass is 211 g/mol. The molecule has 1 fully saturated rings. The van der Waals surface area contributed by atoms with Crippen molar-refractivity contribution in [3.8, 4) is 0 Å². The van der Waals surface area contributed by atoms with Gasteiger partial charge in [-0.1, -0.05) is 0 Å². The molecule has 0 radical (unpaired) electrons. The third kappa shape index (κ3) is 2.36. The average molecular weight is 211 g/mol. The standard InChI is InChI=1S/C9H13N3OS/c13-14(7-8-1-2-10-5-8)9-6-11-3-4-12-9/h3-4,6,8,10H,1-2,5,7H2/t8-,14-/m1/s1. The van der Waals surface area contributed by atoms with E-state index < -0.39 is 10.8 Å². The summed E-state index contributed by atoms with van der Waals surface area (Å²) in [6.07, 6.45) is 5.88. The van der Waals surface area contributed by atoms with Crippen LogP contribution in [0.1, 0.15) is 6.42 Å². The van der Waals surface area contributed by atoms with Crippen LogP contribution in [0.3, 0.4) is 0 Å².